The molecule has 6 rings (SSSR count). The van der Waals surface area contributed by atoms with E-state index in [1.54, 1.807) is 0 Å². The predicted octanol–water partition coefficient (Wildman–Crippen LogP) is 2.37. The predicted molar refractivity (Wildman–Crippen MR) is 127 cm³/mol. The minimum Gasteiger partial charge on any atom is -0.461 e. The molecular weight excluding hydrogens is 418 g/mol. The first kappa shape index (κ1) is 21.1. The molecule has 2 aromatic heterocycles. The summed E-state index contributed by atoms with van der Waals surface area (Å²) in [5, 5.41) is 8.35. The molecule has 33 heavy (non-hydrogen) atoms. The number of hydrogen-bond donors (Lipinski definition) is 4. The van der Waals surface area contributed by atoms with E-state index in [0.717, 1.165) is 54.8 Å². The molecule has 4 aliphatic heterocycles. The number of aromatic nitrogens is 2. The van der Waals surface area contributed by atoms with Gasteiger partial charge in [0.1, 0.15) is 17.7 Å². The highest BCUT2D eigenvalue weighted by Crippen LogP contribution is 2.38. The molecule has 4 N–H and O–H groups in total. The number of carbonyl (C=O) groups is 1. The summed E-state index contributed by atoms with van der Waals surface area (Å²) in [4.78, 5) is 23.7. The Morgan fingerprint density at radius 2 is 2.00 bits per heavy atom. The van der Waals surface area contributed by atoms with E-state index < -0.39 is 0 Å². The first-order valence-corrected chi connectivity index (χ1v) is 12.4. The van der Waals surface area contributed by atoms with Crippen LogP contribution in [0.15, 0.2) is 24.4 Å². The fourth-order valence-corrected chi connectivity index (χ4v) is 6.08. The molecule has 4 unspecified atom stereocenters. The van der Waals surface area contributed by atoms with Crippen LogP contribution in [0.2, 0.25) is 0 Å². The van der Waals surface area contributed by atoms with Crippen LogP contribution in [-0.2, 0) is 9.53 Å². The standard InChI is InChI=1S/C24H33N7O2/c1-14-9-22(30-29-14)27-21-12-20-19(3-2-8-25-20)24(28-21)26-15-10-16-4-5-17(11-15)31(16)13-18-6-7-23(32)33-18/h2-3,8,12,14-18,22,29-30H,4-7,9-11,13H2,1H3,(H2,26,27,28)/t14?,15?,16-,17+,18?,22?. The maximum atomic E-state index is 11.5. The molecule has 2 bridgehead atoms. The number of hydrogen-bond acceptors (Lipinski definition) is 9. The number of cyclic esters (lactones) is 1. The van der Waals surface area contributed by atoms with Gasteiger partial charge in [0, 0.05) is 54.8 Å². The van der Waals surface area contributed by atoms with Gasteiger partial charge in [0.15, 0.2) is 0 Å². The van der Waals surface area contributed by atoms with E-state index in [9.17, 15) is 4.79 Å². The van der Waals surface area contributed by atoms with Gasteiger partial charge in [-0.2, -0.15) is 0 Å². The lowest BCUT2D eigenvalue weighted by molar-refractivity contribution is -0.142. The zero-order valence-electron chi connectivity index (χ0n) is 19.1. The van der Waals surface area contributed by atoms with E-state index in [-0.39, 0.29) is 18.2 Å². The average Bonchev–Trinajstić information content (AvgIpc) is 3.46. The normalized spacial score (nSPS) is 34.0. The monoisotopic (exact) mass is 451 g/mol. The minimum absolute atomic E-state index is 0.0398. The molecule has 4 saturated heterocycles. The molecule has 0 spiro atoms. The second-order valence-electron chi connectivity index (χ2n) is 10.1. The quantitative estimate of drug-likeness (QED) is 0.493. The Labute approximate surface area is 194 Å². The Kier molecular flexibility index (Phi) is 5.55. The van der Waals surface area contributed by atoms with E-state index in [2.05, 4.69) is 44.4 Å². The van der Waals surface area contributed by atoms with Crippen molar-refractivity contribution in [2.24, 2.45) is 0 Å². The number of ether oxygens (including phenoxy) is 1. The van der Waals surface area contributed by atoms with Crippen LogP contribution in [0.4, 0.5) is 11.6 Å². The fourth-order valence-electron chi connectivity index (χ4n) is 6.08. The summed E-state index contributed by atoms with van der Waals surface area (Å²) >= 11 is 0. The Morgan fingerprint density at radius 1 is 1.15 bits per heavy atom. The Bertz CT molecular complexity index is 1020. The number of hydrazine groups is 1. The zero-order chi connectivity index (χ0) is 22.4. The van der Waals surface area contributed by atoms with Gasteiger partial charge in [-0.3, -0.25) is 20.1 Å². The molecule has 6 heterocycles. The summed E-state index contributed by atoms with van der Waals surface area (Å²) in [5.74, 6) is 1.70. The Morgan fingerprint density at radius 3 is 2.73 bits per heavy atom. The number of carbonyl (C=O) groups excluding carboxylic acids is 1. The van der Waals surface area contributed by atoms with Crippen LogP contribution in [0.1, 0.15) is 51.9 Å². The molecular formula is C24H33N7O2. The van der Waals surface area contributed by atoms with Gasteiger partial charge in [0.2, 0.25) is 0 Å². The van der Waals surface area contributed by atoms with Crippen LogP contribution in [0.25, 0.3) is 10.9 Å². The SMILES string of the molecule is CC1CC(Nc2cc3ncccc3c(NC3C[C@H]4CC[C@@H](C3)N4CC3CCC(=O)O3)n2)NN1. The Hall–Kier alpha value is -2.49. The van der Waals surface area contributed by atoms with Crippen molar-refractivity contribution in [3.8, 4) is 0 Å². The topological polar surface area (TPSA) is 103 Å². The molecule has 9 nitrogen and oxygen atoms in total. The van der Waals surface area contributed by atoms with Gasteiger partial charge < -0.3 is 15.4 Å². The first-order chi connectivity index (χ1) is 16.1. The van der Waals surface area contributed by atoms with Crippen molar-refractivity contribution >= 4 is 28.5 Å². The van der Waals surface area contributed by atoms with E-state index in [4.69, 9.17) is 9.72 Å². The fraction of sp³-hybridized carbons (Fsp3) is 0.625. The number of piperidine rings is 1. The number of anilines is 2. The van der Waals surface area contributed by atoms with E-state index in [1.165, 1.54) is 12.8 Å². The number of esters is 1. The summed E-state index contributed by atoms with van der Waals surface area (Å²) < 4.78 is 5.50. The molecule has 4 fully saturated rings. The second kappa shape index (κ2) is 8.70. The largest absolute Gasteiger partial charge is 0.461 e. The lowest BCUT2D eigenvalue weighted by Gasteiger charge is -2.40. The highest BCUT2D eigenvalue weighted by molar-refractivity contribution is 5.91. The number of nitrogens with one attached hydrogen (secondary N) is 4. The van der Waals surface area contributed by atoms with Crippen molar-refractivity contribution in [2.45, 2.75) is 88.3 Å². The van der Waals surface area contributed by atoms with Crippen LogP contribution in [-0.4, -0.2) is 63.8 Å². The molecule has 176 valence electrons. The van der Waals surface area contributed by atoms with Crippen LogP contribution in [0, 0.1) is 0 Å². The molecule has 0 radical (unpaired) electrons. The second-order valence-corrected chi connectivity index (χ2v) is 10.1. The first-order valence-electron chi connectivity index (χ1n) is 12.4. The van der Waals surface area contributed by atoms with Crippen LogP contribution in [0.5, 0.6) is 0 Å². The van der Waals surface area contributed by atoms with Crippen molar-refractivity contribution in [2.75, 3.05) is 17.2 Å². The van der Waals surface area contributed by atoms with Gasteiger partial charge in [-0.25, -0.2) is 10.4 Å². The van der Waals surface area contributed by atoms with Crippen molar-refractivity contribution in [3.63, 3.8) is 0 Å². The lowest BCUT2D eigenvalue weighted by Crippen LogP contribution is -2.49. The Balaban J connectivity index is 1.17. The van der Waals surface area contributed by atoms with Gasteiger partial charge in [0.05, 0.1) is 11.7 Å². The van der Waals surface area contributed by atoms with E-state index in [1.807, 2.05) is 18.3 Å². The molecule has 6 atom stereocenters. The lowest BCUT2D eigenvalue weighted by atomic mass is 9.96. The van der Waals surface area contributed by atoms with Crippen LogP contribution >= 0.6 is 0 Å². The molecule has 2 aromatic rings. The number of pyridine rings is 2. The maximum Gasteiger partial charge on any atom is 0.306 e. The van der Waals surface area contributed by atoms with E-state index >= 15 is 0 Å². The van der Waals surface area contributed by atoms with Crippen LogP contribution < -0.4 is 21.5 Å². The molecule has 0 amide bonds. The summed E-state index contributed by atoms with van der Waals surface area (Å²) in [6, 6.07) is 7.98. The zero-order valence-corrected chi connectivity index (χ0v) is 19.1. The number of nitrogens with zero attached hydrogens (tertiary/aromatic N) is 3. The van der Waals surface area contributed by atoms with Gasteiger partial charge >= 0.3 is 5.97 Å². The van der Waals surface area contributed by atoms with Crippen molar-refractivity contribution in [1.29, 1.82) is 0 Å². The molecule has 4 aliphatic rings. The van der Waals surface area contributed by atoms with Crippen molar-refractivity contribution < 1.29 is 9.53 Å². The summed E-state index contributed by atoms with van der Waals surface area (Å²) in [5.41, 5.74) is 7.48. The van der Waals surface area contributed by atoms with Gasteiger partial charge in [-0.05, 0) is 57.6 Å². The van der Waals surface area contributed by atoms with Crippen molar-refractivity contribution in [1.82, 2.24) is 25.7 Å². The third-order valence-electron chi connectivity index (χ3n) is 7.62. The van der Waals surface area contributed by atoms with Gasteiger partial charge in [0.25, 0.3) is 0 Å². The van der Waals surface area contributed by atoms with Gasteiger partial charge in [-0.15, -0.1) is 0 Å². The van der Waals surface area contributed by atoms with Gasteiger partial charge in [-0.1, -0.05) is 0 Å². The molecule has 9 heteroatoms. The highest BCUT2D eigenvalue weighted by Gasteiger charge is 2.42. The number of fused-ring (bicyclic) bond motifs is 3. The third-order valence-corrected chi connectivity index (χ3v) is 7.62. The molecule has 0 aromatic carbocycles. The summed E-state index contributed by atoms with van der Waals surface area (Å²) in [6.07, 6.45) is 9.09. The maximum absolute atomic E-state index is 11.5. The minimum atomic E-state index is -0.0398. The molecule has 0 aliphatic carbocycles. The smallest absolute Gasteiger partial charge is 0.306 e. The number of rotatable bonds is 6. The summed E-state index contributed by atoms with van der Waals surface area (Å²) in [7, 11) is 0. The highest BCUT2D eigenvalue weighted by atomic mass is 16.5. The van der Waals surface area contributed by atoms with Crippen LogP contribution in [0.3, 0.4) is 0 Å². The van der Waals surface area contributed by atoms with E-state index in [0.29, 0.717) is 30.6 Å². The molecule has 0 saturated carbocycles. The average molecular weight is 452 g/mol. The summed E-state index contributed by atoms with van der Waals surface area (Å²) in [6.45, 7) is 3.05. The third kappa shape index (κ3) is 4.37. The van der Waals surface area contributed by atoms with Crippen molar-refractivity contribution in [3.05, 3.63) is 24.4 Å².